The van der Waals surface area contributed by atoms with Crippen molar-refractivity contribution >= 4 is 27.3 Å². The van der Waals surface area contributed by atoms with E-state index in [4.69, 9.17) is 0 Å². The molecule has 2 amide bonds. The molecule has 1 aromatic rings. The number of nitrogens with zero attached hydrogens (tertiary/aromatic N) is 1. The van der Waals surface area contributed by atoms with Gasteiger partial charge >= 0.3 is 0 Å². The van der Waals surface area contributed by atoms with Gasteiger partial charge in [0.05, 0.1) is 11.5 Å². The molecule has 1 atom stereocenters. The maximum Gasteiger partial charge on any atom is 0.254 e. The number of anilines is 1. The Balaban J connectivity index is 1.83. The average molecular weight is 336 g/mol. The van der Waals surface area contributed by atoms with Crippen molar-refractivity contribution in [1.82, 2.24) is 4.90 Å². The molecule has 0 saturated carbocycles. The lowest BCUT2D eigenvalue weighted by molar-refractivity contribution is -0.116. The van der Waals surface area contributed by atoms with Gasteiger partial charge in [-0.25, -0.2) is 8.42 Å². The molecule has 0 radical (unpaired) electrons. The van der Waals surface area contributed by atoms with Gasteiger partial charge in [-0.05, 0) is 43.5 Å². The topological polar surface area (TPSA) is 83.6 Å². The van der Waals surface area contributed by atoms with Gasteiger partial charge in [0.25, 0.3) is 5.91 Å². The van der Waals surface area contributed by atoms with E-state index in [0.29, 0.717) is 31.4 Å². The lowest BCUT2D eigenvalue weighted by atomic mass is 9.99. The maximum atomic E-state index is 12.8. The van der Waals surface area contributed by atoms with Gasteiger partial charge in [0.15, 0.2) is 9.84 Å². The van der Waals surface area contributed by atoms with Crippen LogP contribution < -0.4 is 5.32 Å². The Bertz CT molecular complexity index is 757. The van der Waals surface area contributed by atoms with Crippen LogP contribution in [-0.4, -0.2) is 49.2 Å². The fraction of sp³-hybridized carbons (Fsp3) is 0.500. The summed E-state index contributed by atoms with van der Waals surface area (Å²) in [6, 6.07) is 5.01. The molecular weight excluding hydrogens is 316 g/mol. The quantitative estimate of drug-likeness (QED) is 0.899. The number of hydrogen-bond acceptors (Lipinski definition) is 4. The van der Waals surface area contributed by atoms with Crippen molar-refractivity contribution in [2.75, 3.05) is 23.4 Å². The zero-order chi connectivity index (χ0) is 16.6. The highest BCUT2D eigenvalue weighted by Gasteiger charge is 2.34. The number of nitrogens with one attached hydrogen (secondary N) is 1. The maximum absolute atomic E-state index is 12.8. The molecule has 1 fully saturated rings. The molecule has 2 aliphatic heterocycles. The summed E-state index contributed by atoms with van der Waals surface area (Å²) < 4.78 is 23.3. The van der Waals surface area contributed by atoms with Crippen LogP contribution in [-0.2, 0) is 21.1 Å². The zero-order valence-electron chi connectivity index (χ0n) is 13.0. The standard InChI is InChI=1S/C16H20N2O4S/c1-2-18(13-7-8-23(21,22)10-13)16(20)12-3-5-14-11(9-12)4-6-15(19)17-14/h3,5,9,13H,2,4,6-8,10H2,1H3,(H,17,19). The van der Waals surface area contributed by atoms with Crippen LogP contribution in [0.1, 0.15) is 35.7 Å². The van der Waals surface area contributed by atoms with Crippen molar-refractivity contribution in [2.24, 2.45) is 0 Å². The van der Waals surface area contributed by atoms with Crippen molar-refractivity contribution in [1.29, 1.82) is 0 Å². The van der Waals surface area contributed by atoms with Gasteiger partial charge in [-0.2, -0.15) is 0 Å². The van der Waals surface area contributed by atoms with E-state index in [1.165, 1.54) is 0 Å². The Labute approximate surface area is 135 Å². The molecule has 0 spiro atoms. The fourth-order valence-electron chi connectivity index (χ4n) is 3.27. The van der Waals surface area contributed by atoms with Crippen LogP contribution in [0.2, 0.25) is 0 Å². The van der Waals surface area contributed by atoms with Crippen LogP contribution in [0.5, 0.6) is 0 Å². The summed E-state index contributed by atoms with van der Waals surface area (Å²) in [5.41, 5.74) is 2.25. The first-order chi connectivity index (χ1) is 10.9. The highest BCUT2D eigenvalue weighted by Crippen LogP contribution is 2.25. The third-order valence-corrected chi connectivity index (χ3v) is 6.25. The Morgan fingerprint density at radius 1 is 1.35 bits per heavy atom. The molecular formula is C16H20N2O4S. The SMILES string of the molecule is CCN(C(=O)c1ccc2c(c1)CCC(=O)N2)C1CCS(=O)(=O)C1. The van der Waals surface area contributed by atoms with Gasteiger partial charge in [-0.1, -0.05) is 0 Å². The molecule has 124 valence electrons. The van der Waals surface area contributed by atoms with Crippen LogP contribution >= 0.6 is 0 Å². The molecule has 3 rings (SSSR count). The molecule has 1 saturated heterocycles. The zero-order valence-corrected chi connectivity index (χ0v) is 13.9. The minimum atomic E-state index is -3.03. The molecule has 1 aromatic carbocycles. The number of rotatable bonds is 3. The summed E-state index contributed by atoms with van der Waals surface area (Å²) in [4.78, 5) is 25.8. The molecule has 6 nitrogen and oxygen atoms in total. The molecule has 1 unspecified atom stereocenters. The first-order valence-electron chi connectivity index (χ1n) is 7.84. The molecule has 0 aliphatic carbocycles. The monoisotopic (exact) mass is 336 g/mol. The number of carbonyl (C=O) groups is 2. The lowest BCUT2D eigenvalue weighted by Crippen LogP contribution is -2.41. The van der Waals surface area contributed by atoms with E-state index in [1.807, 2.05) is 13.0 Å². The van der Waals surface area contributed by atoms with Gasteiger partial charge < -0.3 is 10.2 Å². The molecule has 2 aliphatic rings. The van der Waals surface area contributed by atoms with Crippen LogP contribution in [0.25, 0.3) is 0 Å². The van der Waals surface area contributed by atoms with Gasteiger partial charge in [0, 0.05) is 30.3 Å². The number of fused-ring (bicyclic) bond motifs is 1. The van der Waals surface area contributed by atoms with Crippen molar-refractivity contribution in [3.63, 3.8) is 0 Å². The van der Waals surface area contributed by atoms with E-state index in [2.05, 4.69) is 5.32 Å². The van der Waals surface area contributed by atoms with Gasteiger partial charge in [0.2, 0.25) is 5.91 Å². The minimum absolute atomic E-state index is 0.0112. The number of amides is 2. The second-order valence-corrected chi connectivity index (χ2v) is 8.30. The van der Waals surface area contributed by atoms with Crippen molar-refractivity contribution in [2.45, 2.75) is 32.2 Å². The Morgan fingerprint density at radius 3 is 2.78 bits per heavy atom. The van der Waals surface area contributed by atoms with Crippen molar-refractivity contribution in [3.05, 3.63) is 29.3 Å². The summed E-state index contributed by atoms with van der Waals surface area (Å²) in [7, 11) is -3.03. The molecule has 0 bridgehead atoms. The largest absolute Gasteiger partial charge is 0.335 e. The van der Waals surface area contributed by atoms with Gasteiger partial charge in [-0.15, -0.1) is 0 Å². The van der Waals surface area contributed by atoms with Crippen LogP contribution in [0.4, 0.5) is 5.69 Å². The minimum Gasteiger partial charge on any atom is -0.335 e. The van der Waals surface area contributed by atoms with E-state index in [1.54, 1.807) is 17.0 Å². The molecule has 0 aromatic heterocycles. The smallest absolute Gasteiger partial charge is 0.254 e. The highest BCUT2D eigenvalue weighted by atomic mass is 32.2. The molecule has 7 heteroatoms. The van der Waals surface area contributed by atoms with Crippen LogP contribution in [0.15, 0.2) is 18.2 Å². The summed E-state index contributed by atoms with van der Waals surface area (Å²) in [5.74, 6) is 0.0443. The summed E-state index contributed by atoms with van der Waals surface area (Å²) in [6.45, 7) is 2.34. The normalized spacial score (nSPS) is 22.3. The van der Waals surface area contributed by atoms with E-state index in [-0.39, 0.29) is 29.4 Å². The molecule has 23 heavy (non-hydrogen) atoms. The first kappa shape index (κ1) is 16.0. The van der Waals surface area contributed by atoms with E-state index in [9.17, 15) is 18.0 Å². The third kappa shape index (κ3) is 3.24. The van der Waals surface area contributed by atoms with Crippen molar-refractivity contribution < 1.29 is 18.0 Å². The first-order valence-corrected chi connectivity index (χ1v) is 9.66. The number of hydrogen-bond donors (Lipinski definition) is 1. The Hall–Kier alpha value is -1.89. The fourth-order valence-corrected chi connectivity index (χ4v) is 5.00. The summed E-state index contributed by atoms with van der Waals surface area (Å²) >= 11 is 0. The molecule has 1 N–H and O–H groups in total. The molecule has 2 heterocycles. The van der Waals surface area contributed by atoms with Gasteiger partial charge in [0.1, 0.15) is 0 Å². The second-order valence-electron chi connectivity index (χ2n) is 6.07. The second kappa shape index (κ2) is 5.96. The Kier molecular flexibility index (Phi) is 4.14. The van der Waals surface area contributed by atoms with E-state index >= 15 is 0 Å². The van der Waals surface area contributed by atoms with Gasteiger partial charge in [-0.3, -0.25) is 9.59 Å². The predicted molar refractivity (Wildman–Crippen MR) is 87.2 cm³/mol. The Morgan fingerprint density at radius 2 is 2.13 bits per heavy atom. The third-order valence-electron chi connectivity index (χ3n) is 4.50. The summed E-state index contributed by atoms with van der Waals surface area (Å²) in [5, 5.41) is 2.79. The average Bonchev–Trinajstić information content (AvgIpc) is 2.87. The van der Waals surface area contributed by atoms with E-state index < -0.39 is 9.84 Å². The number of sulfone groups is 1. The number of aryl methyl sites for hydroxylation is 1. The lowest BCUT2D eigenvalue weighted by Gasteiger charge is -2.27. The van der Waals surface area contributed by atoms with E-state index in [0.717, 1.165) is 11.3 Å². The highest BCUT2D eigenvalue weighted by molar-refractivity contribution is 7.91. The number of benzene rings is 1. The number of carbonyl (C=O) groups excluding carboxylic acids is 2. The predicted octanol–water partition coefficient (Wildman–Crippen LogP) is 1.22. The van der Waals surface area contributed by atoms with Crippen LogP contribution in [0.3, 0.4) is 0 Å². The van der Waals surface area contributed by atoms with Crippen molar-refractivity contribution in [3.8, 4) is 0 Å². The van der Waals surface area contributed by atoms with Crippen LogP contribution in [0, 0.1) is 0 Å². The summed E-state index contributed by atoms with van der Waals surface area (Å²) in [6.07, 6.45) is 1.54.